The molecule has 3 atom stereocenters. The minimum absolute atomic E-state index is 0.0995. The van der Waals surface area contributed by atoms with Crippen molar-refractivity contribution in [2.75, 3.05) is 13.7 Å². The van der Waals surface area contributed by atoms with Gasteiger partial charge in [-0.1, -0.05) is 12.1 Å². The number of ketones is 1. The van der Waals surface area contributed by atoms with Crippen molar-refractivity contribution in [2.45, 2.75) is 24.9 Å². The number of methoxy groups -OCH3 is 1. The number of rotatable bonds is 3. The molecule has 3 heterocycles. The molecular weight excluding hydrogens is 320 g/mol. The van der Waals surface area contributed by atoms with Gasteiger partial charge in [-0.2, -0.15) is 4.68 Å². The van der Waals surface area contributed by atoms with Gasteiger partial charge >= 0.3 is 0 Å². The van der Waals surface area contributed by atoms with Crippen molar-refractivity contribution in [3.05, 3.63) is 29.0 Å². The molecule has 23 heavy (non-hydrogen) atoms. The highest BCUT2D eigenvalue weighted by Crippen LogP contribution is 2.33. The van der Waals surface area contributed by atoms with E-state index in [4.69, 9.17) is 26.4 Å². The van der Waals surface area contributed by atoms with E-state index < -0.39 is 6.29 Å². The first-order valence-electron chi connectivity index (χ1n) is 7.16. The summed E-state index contributed by atoms with van der Waals surface area (Å²) in [5.41, 5.74) is 0.690. The molecule has 2 fully saturated rings. The Hall–Kier alpha value is -2.10. The maximum atomic E-state index is 12.0. The van der Waals surface area contributed by atoms with E-state index in [0.29, 0.717) is 22.8 Å². The first kappa shape index (κ1) is 14.5. The summed E-state index contributed by atoms with van der Waals surface area (Å²) in [4.78, 5) is 12.0. The Morgan fingerprint density at radius 1 is 1.35 bits per heavy atom. The monoisotopic (exact) mass is 334 g/mol. The van der Waals surface area contributed by atoms with Crippen molar-refractivity contribution >= 4 is 18.0 Å². The SMILES string of the molecule is COc1ccccc1-n1nnn([C@@H]2CC(=O)[C@H]3OC[C@H]2O3)c1=S. The first-order chi connectivity index (χ1) is 11.2. The molecule has 2 bridgehead atoms. The van der Waals surface area contributed by atoms with Gasteiger partial charge < -0.3 is 14.2 Å². The minimum Gasteiger partial charge on any atom is -0.494 e. The van der Waals surface area contributed by atoms with Gasteiger partial charge in [0.2, 0.25) is 11.1 Å². The number of ether oxygens (including phenoxy) is 3. The molecule has 0 N–H and O–H groups in total. The summed E-state index contributed by atoms with van der Waals surface area (Å²) in [5.74, 6) is 0.536. The summed E-state index contributed by atoms with van der Waals surface area (Å²) in [7, 11) is 1.58. The Bertz CT molecular complexity index is 817. The van der Waals surface area contributed by atoms with Gasteiger partial charge in [0.25, 0.3) is 0 Å². The molecule has 2 aromatic rings. The molecule has 0 unspecified atom stereocenters. The van der Waals surface area contributed by atoms with Crippen LogP contribution in [0.15, 0.2) is 24.3 Å². The van der Waals surface area contributed by atoms with E-state index in [9.17, 15) is 4.79 Å². The average molecular weight is 334 g/mol. The fourth-order valence-electron chi connectivity index (χ4n) is 2.89. The van der Waals surface area contributed by atoms with Gasteiger partial charge in [0, 0.05) is 6.42 Å². The number of hydrogen-bond donors (Lipinski definition) is 0. The standard InChI is InChI=1S/C14H14N4O4S/c1-20-11-5-3-2-4-8(11)17-14(23)18(16-15-17)9-6-10(19)13-21-7-12(9)22-13/h2-5,9,12-13H,6-7H2,1H3/t9-,12-,13+/m1/s1. The Balaban J connectivity index is 1.74. The molecule has 0 radical (unpaired) electrons. The van der Waals surface area contributed by atoms with Gasteiger partial charge in [0.1, 0.15) is 17.5 Å². The zero-order valence-corrected chi connectivity index (χ0v) is 13.1. The zero-order chi connectivity index (χ0) is 16.0. The molecule has 0 spiro atoms. The third kappa shape index (κ3) is 2.28. The predicted octanol–water partition coefficient (Wildman–Crippen LogP) is 1.06. The molecule has 120 valence electrons. The molecule has 4 rings (SSSR count). The lowest BCUT2D eigenvalue weighted by Gasteiger charge is -2.25. The molecule has 2 aliphatic rings. The zero-order valence-electron chi connectivity index (χ0n) is 12.3. The lowest BCUT2D eigenvalue weighted by molar-refractivity contribution is -0.156. The Kier molecular flexibility index (Phi) is 3.47. The van der Waals surface area contributed by atoms with Crippen LogP contribution in [0.4, 0.5) is 0 Å². The van der Waals surface area contributed by atoms with Crippen molar-refractivity contribution in [2.24, 2.45) is 0 Å². The van der Waals surface area contributed by atoms with Gasteiger partial charge in [-0.15, -0.1) is 0 Å². The normalized spacial score (nSPS) is 26.5. The van der Waals surface area contributed by atoms with Gasteiger partial charge in [-0.3, -0.25) is 4.79 Å². The molecule has 2 aliphatic heterocycles. The fraction of sp³-hybridized carbons (Fsp3) is 0.429. The summed E-state index contributed by atoms with van der Waals surface area (Å²) in [6, 6.07) is 7.07. The second kappa shape index (κ2) is 5.52. The summed E-state index contributed by atoms with van der Waals surface area (Å²) in [5, 5.41) is 8.24. The van der Waals surface area contributed by atoms with Crippen molar-refractivity contribution in [3.8, 4) is 11.4 Å². The largest absolute Gasteiger partial charge is 0.494 e. The van der Waals surface area contributed by atoms with Crippen LogP contribution >= 0.6 is 12.2 Å². The van der Waals surface area contributed by atoms with Crippen LogP contribution in [0, 0.1) is 4.77 Å². The van der Waals surface area contributed by atoms with Crippen molar-refractivity contribution in [1.29, 1.82) is 0 Å². The van der Waals surface area contributed by atoms with Gasteiger partial charge in [-0.25, -0.2) is 4.68 Å². The highest BCUT2D eigenvalue weighted by Gasteiger charge is 2.45. The highest BCUT2D eigenvalue weighted by atomic mass is 32.1. The Labute approximate surface area is 136 Å². The number of Topliss-reactive ketones (excluding diaryl/α,β-unsaturated/α-hetero) is 1. The molecule has 0 aliphatic carbocycles. The minimum atomic E-state index is -0.741. The van der Waals surface area contributed by atoms with Gasteiger partial charge in [-0.05, 0) is 34.8 Å². The third-order valence-electron chi connectivity index (χ3n) is 4.04. The number of aromatic nitrogens is 4. The van der Waals surface area contributed by atoms with E-state index in [1.165, 1.54) is 4.68 Å². The number of nitrogens with zero attached hydrogens (tertiary/aromatic N) is 4. The van der Waals surface area contributed by atoms with E-state index >= 15 is 0 Å². The van der Waals surface area contributed by atoms with Crippen LogP contribution in [0.1, 0.15) is 12.5 Å². The van der Waals surface area contributed by atoms with Crippen LogP contribution in [0.25, 0.3) is 5.69 Å². The molecule has 8 nitrogen and oxygen atoms in total. The second-order valence-corrected chi connectivity index (χ2v) is 5.73. The quantitative estimate of drug-likeness (QED) is 0.777. The summed E-state index contributed by atoms with van der Waals surface area (Å²) in [6.45, 7) is 0.352. The van der Waals surface area contributed by atoms with E-state index in [1.54, 1.807) is 11.8 Å². The van der Waals surface area contributed by atoms with E-state index in [1.807, 2.05) is 24.3 Å². The van der Waals surface area contributed by atoms with Gasteiger partial charge in [0.15, 0.2) is 5.78 Å². The second-order valence-electron chi connectivity index (χ2n) is 5.37. The first-order valence-corrected chi connectivity index (χ1v) is 7.57. The van der Waals surface area contributed by atoms with Crippen molar-refractivity contribution in [3.63, 3.8) is 0 Å². The van der Waals surface area contributed by atoms with E-state index in [0.717, 1.165) is 0 Å². The fourth-order valence-corrected chi connectivity index (χ4v) is 3.20. The Morgan fingerprint density at radius 3 is 3.00 bits per heavy atom. The smallest absolute Gasteiger partial charge is 0.221 e. The lowest BCUT2D eigenvalue weighted by atomic mass is 10.0. The number of carbonyl (C=O) groups excluding carboxylic acids is 1. The van der Waals surface area contributed by atoms with Crippen LogP contribution in [0.5, 0.6) is 5.75 Å². The van der Waals surface area contributed by atoms with Crippen molar-refractivity contribution < 1.29 is 19.0 Å². The van der Waals surface area contributed by atoms with Crippen LogP contribution < -0.4 is 4.74 Å². The molecule has 1 aromatic heterocycles. The van der Waals surface area contributed by atoms with Crippen LogP contribution in [-0.4, -0.2) is 51.7 Å². The number of para-hydroxylation sites is 2. The number of hydrogen-bond acceptors (Lipinski definition) is 7. The topological polar surface area (TPSA) is 80.4 Å². The van der Waals surface area contributed by atoms with E-state index in [-0.39, 0.29) is 24.3 Å². The molecule has 0 saturated carbocycles. The molecular formula is C14H14N4O4S. The number of carbonyl (C=O) groups is 1. The third-order valence-corrected chi connectivity index (χ3v) is 4.40. The van der Waals surface area contributed by atoms with Crippen molar-refractivity contribution in [1.82, 2.24) is 19.8 Å². The highest BCUT2D eigenvalue weighted by molar-refractivity contribution is 7.71. The predicted molar refractivity (Wildman–Crippen MR) is 80.0 cm³/mol. The number of fused-ring (bicyclic) bond motifs is 2. The molecule has 2 saturated heterocycles. The molecule has 0 amide bonds. The summed E-state index contributed by atoms with van der Waals surface area (Å²) >= 11 is 5.49. The van der Waals surface area contributed by atoms with E-state index in [2.05, 4.69) is 10.4 Å². The number of benzene rings is 1. The summed E-state index contributed by atoms with van der Waals surface area (Å²) < 4.78 is 19.6. The molecule has 1 aromatic carbocycles. The lowest BCUT2D eigenvalue weighted by Crippen LogP contribution is -2.37. The molecule has 9 heteroatoms. The van der Waals surface area contributed by atoms with Crippen LogP contribution in [0.2, 0.25) is 0 Å². The van der Waals surface area contributed by atoms with Gasteiger partial charge in [0.05, 0.1) is 19.8 Å². The maximum absolute atomic E-state index is 12.0. The summed E-state index contributed by atoms with van der Waals surface area (Å²) in [6.07, 6.45) is -0.712. The maximum Gasteiger partial charge on any atom is 0.221 e. The Morgan fingerprint density at radius 2 is 2.17 bits per heavy atom. The van der Waals surface area contributed by atoms with Crippen LogP contribution in [0.3, 0.4) is 0 Å². The van der Waals surface area contributed by atoms with Crippen LogP contribution in [-0.2, 0) is 14.3 Å². The average Bonchev–Trinajstić information content (AvgIpc) is 3.16. The number of tetrazole rings is 1.